The van der Waals surface area contributed by atoms with Crippen LogP contribution in [0.5, 0.6) is 0 Å². The smallest absolute Gasteiger partial charge is 0.203 e. The Bertz CT molecular complexity index is 58.6. The van der Waals surface area contributed by atoms with Crippen molar-refractivity contribution < 1.29 is 4.43 Å². The molecule has 0 rings (SSSR count). The summed E-state index contributed by atoms with van der Waals surface area (Å²) in [5.74, 6) is 0. The predicted octanol–water partition coefficient (Wildman–Crippen LogP) is -0.0169. The van der Waals surface area contributed by atoms with Gasteiger partial charge in [-0.25, -0.2) is 0 Å². The maximum absolute atomic E-state index is 4.67. The van der Waals surface area contributed by atoms with Gasteiger partial charge in [0.2, 0.25) is 10.5 Å². The van der Waals surface area contributed by atoms with Crippen molar-refractivity contribution in [1.82, 2.24) is 0 Å². The third-order valence-corrected chi connectivity index (χ3v) is 0.623. The van der Waals surface area contributed by atoms with Gasteiger partial charge in [-0.1, -0.05) is 12.7 Å². The van der Waals surface area contributed by atoms with Crippen LogP contribution in [0.25, 0.3) is 0 Å². The van der Waals surface area contributed by atoms with Crippen molar-refractivity contribution in [3.8, 4) is 0 Å². The third-order valence-electron chi connectivity index (χ3n) is 0.351. The van der Waals surface area contributed by atoms with E-state index in [1.165, 1.54) is 0 Å². The Balaban J connectivity index is 2.94. The molecule has 0 saturated heterocycles. The number of allylic oxidation sites excluding steroid dienone is 2. The Morgan fingerprint density at radius 2 is 2.33 bits per heavy atom. The first-order valence-corrected chi connectivity index (χ1v) is 2.54. The van der Waals surface area contributed by atoms with Crippen LogP contribution < -0.4 is 0 Å². The zero-order chi connectivity index (χ0) is 4.83. The first-order chi connectivity index (χ1) is 2.91. The second-order valence-corrected chi connectivity index (χ2v) is 1.27. The van der Waals surface area contributed by atoms with Gasteiger partial charge in [-0.3, -0.25) is 0 Å². The SMILES string of the molecule is C=CC=CO[SiH3]. The van der Waals surface area contributed by atoms with E-state index >= 15 is 0 Å². The molecular formula is C4H8OSi. The van der Waals surface area contributed by atoms with Crippen LogP contribution in [0.15, 0.2) is 25.0 Å². The van der Waals surface area contributed by atoms with Gasteiger partial charge in [-0.2, -0.15) is 0 Å². The molecule has 2 heteroatoms. The summed E-state index contributed by atoms with van der Waals surface area (Å²) >= 11 is 0. The highest BCUT2D eigenvalue weighted by Gasteiger charge is 1.51. The summed E-state index contributed by atoms with van der Waals surface area (Å²) in [4.78, 5) is 0. The van der Waals surface area contributed by atoms with E-state index in [-0.39, 0.29) is 0 Å². The van der Waals surface area contributed by atoms with E-state index in [0.29, 0.717) is 0 Å². The first-order valence-electron chi connectivity index (χ1n) is 1.72. The summed E-state index contributed by atoms with van der Waals surface area (Å²) in [5.41, 5.74) is 0. The van der Waals surface area contributed by atoms with Crippen molar-refractivity contribution in [2.24, 2.45) is 0 Å². The maximum atomic E-state index is 4.67. The van der Waals surface area contributed by atoms with E-state index in [0.717, 1.165) is 10.5 Å². The summed E-state index contributed by atoms with van der Waals surface area (Å²) in [6.45, 7) is 3.45. The van der Waals surface area contributed by atoms with E-state index in [4.69, 9.17) is 0 Å². The number of rotatable bonds is 2. The summed E-state index contributed by atoms with van der Waals surface area (Å²) < 4.78 is 4.67. The Labute approximate surface area is 40.9 Å². The van der Waals surface area contributed by atoms with Crippen LogP contribution in [0.1, 0.15) is 0 Å². The van der Waals surface area contributed by atoms with Gasteiger partial charge in [0.05, 0.1) is 6.26 Å². The lowest BCUT2D eigenvalue weighted by Crippen LogP contribution is -1.62. The van der Waals surface area contributed by atoms with Gasteiger partial charge in [0.25, 0.3) is 0 Å². The minimum absolute atomic E-state index is 0.769. The van der Waals surface area contributed by atoms with Crippen molar-refractivity contribution >= 4 is 10.5 Å². The lowest BCUT2D eigenvalue weighted by molar-refractivity contribution is 0.535. The fourth-order valence-electron chi connectivity index (χ4n) is 0.134. The average Bonchev–Trinajstić information content (AvgIpc) is 1.61. The van der Waals surface area contributed by atoms with Gasteiger partial charge in [-0.15, -0.1) is 0 Å². The predicted molar refractivity (Wildman–Crippen MR) is 30.4 cm³/mol. The highest BCUT2D eigenvalue weighted by molar-refractivity contribution is 5.98. The van der Waals surface area contributed by atoms with Crippen LogP contribution in [0.4, 0.5) is 0 Å². The monoisotopic (exact) mass is 100 g/mol. The molecule has 0 amide bonds. The van der Waals surface area contributed by atoms with Crippen LogP contribution >= 0.6 is 0 Å². The molecule has 0 heterocycles. The average molecular weight is 100 g/mol. The van der Waals surface area contributed by atoms with Crippen molar-refractivity contribution in [1.29, 1.82) is 0 Å². The number of hydrogen-bond donors (Lipinski definition) is 0. The van der Waals surface area contributed by atoms with Crippen molar-refractivity contribution in [2.75, 3.05) is 0 Å². The minimum atomic E-state index is 0.769. The van der Waals surface area contributed by atoms with Crippen molar-refractivity contribution in [3.63, 3.8) is 0 Å². The van der Waals surface area contributed by atoms with E-state index in [1.807, 2.05) is 0 Å². The van der Waals surface area contributed by atoms with E-state index in [9.17, 15) is 0 Å². The van der Waals surface area contributed by atoms with Crippen molar-refractivity contribution in [2.45, 2.75) is 0 Å². The van der Waals surface area contributed by atoms with Gasteiger partial charge in [0, 0.05) is 0 Å². The topological polar surface area (TPSA) is 9.23 Å². The lowest BCUT2D eigenvalue weighted by atomic mass is 10.6. The Hall–Kier alpha value is -0.503. The molecule has 0 aliphatic carbocycles. The summed E-state index contributed by atoms with van der Waals surface area (Å²) in [7, 11) is 0.769. The molecule has 0 aromatic carbocycles. The molecule has 0 bridgehead atoms. The van der Waals surface area contributed by atoms with Crippen LogP contribution in [0.3, 0.4) is 0 Å². The Kier molecular flexibility index (Phi) is 4.12. The Morgan fingerprint density at radius 1 is 1.67 bits per heavy atom. The second kappa shape index (κ2) is 4.50. The van der Waals surface area contributed by atoms with E-state index in [2.05, 4.69) is 11.0 Å². The van der Waals surface area contributed by atoms with Gasteiger partial charge in [0.15, 0.2) is 0 Å². The van der Waals surface area contributed by atoms with E-state index < -0.39 is 0 Å². The molecule has 0 atom stereocenters. The normalized spacial score (nSPS) is 9.33. The molecule has 0 N–H and O–H groups in total. The lowest BCUT2D eigenvalue weighted by Gasteiger charge is -1.79. The molecule has 0 aromatic heterocycles. The highest BCUT2D eigenvalue weighted by atomic mass is 28.2. The van der Waals surface area contributed by atoms with Gasteiger partial charge in [-0.05, 0) is 6.08 Å². The van der Waals surface area contributed by atoms with Crippen LogP contribution in [0, 0.1) is 0 Å². The zero-order valence-corrected chi connectivity index (χ0v) is 5.85. The molecule has 0 fully saturated rings. The Morgan fingerprint density at radius 3 is 2.50 bits per heavy atom. The molecule has 1 nitrogen and oxygen atoms in total. The zero-order valence-electron chi connectivity index (χ0n) is 3.85. The standard InChI is InChI=1S/C4H8OSi/c1-2-3-4-5-6/h2-4H,1H2,6H3. The van der Waals surface area contributed by atoms with Crippen LogP contribution in [0.2, 0.25) is 0 Å². The molecule has 0 aliphatic rings. The minimum Gasteiger partial charge on any atom is -0.558 e. The largest absolute Gasteiger partial charge is 0.558 e. The third kappa shape index (κ3) is 3.50. The fourth-order valence-corrected chi connectivity index (χ4v) is 0.291. The molecule has 34 valence electrons. The molecule has 0 aliphatic heterocycles. The summed E-state index contributed by atoms with van der Waals surface area (Å²) in [6.07, 6.45) is 5.06. The molecule has 0 saturated carbocycles. The first kappa shape index (κ1) is 5.50. The molecule has 0 aromatic rings. The van der Waals surface area contributed by atoms with E-state index in [1.54, 1.807) is 18.4 Å². The molecule has 0 unspecified atom stereocenters. The highest BCUT2D eigenvalue weighted by Crippen LogP contribution is 1.68. The fraction of sp³-hybridized carbons (Fsp3) is 0. The summed E-state index contributed by atoms with van der Waals surface area (Å²) in [5, 5.41) is 0. The van der Waals surface area contributed by atoms with Gasteiger partial charge >= 0.3 is 0 Å². The van der Waals surface area contributed by atoms with Crippen LogP contribution in [-0.2, 0) is 4.43 Å². The molecule has 6 heavy (non-hydrogen) atoms. The van der Waals surface area contributed by atoms with Crippen molar-refractivity contribution in [3.05, 3.63) is 25.0 Å². The summed E-state index contributed by atoms with van der Waals surface area (Å²) in [6, 6.07) is 0. The quantitative estimate of drug-likeness (QED) is 0.269. The molecular weight excluding hydrogens is 92.1 g/mol. The maximum Gasteiger partial charge on any atom is 0.203 e. The second-order valence-electron chi connectivity index (χ2n) is 0.800. The van der Waals surface area contributed by atoms with Gasteiger partial charge in [0.1, 0.15) is 0 Å². The number of hydrogen-bond acceptors (Lipinski definition) is 1. The molecule has 0 spiro atoms. The van der Waals surface area contributed by atoms with Crippen LogP contribution in [-0.4, -0.2) is 10.5 Å². The molecule has 0 radical (unpaired) electrons. The van der Waals surface area contributed by atoms with Gasteiger partial charge < -0.3 is 4.43 Å².